The van der Waals surface area contributed by atoms with Crippen LogP contribution in [-0.4, -0.2) is 40.8 Å². The molecule has 2 N–H and O–H groups in total. The number of sulfone groups is 1. The number of aromatic nitrogens is 4. The van der Waals surface area contributed by atoms with Crippen molar-refractivity contribution < 1.29 is 13.2 Å². The zero-order chi connectivity index (χ0) is 14.3. The number of rotatable bonds is 2. The van der Waals surface area contributed by atoms with E-state index in [4.69, 9.17) is 10.5 Å². The second-order valence-electron chi connectivity index (χ2n) is 4.81. The SMILES string of the molecule is CS(=O)(=O)c1nc(N)c2ncn(C3CCCCO3)c2n1. The number of imidazole rings is 1. The fraction of sp³-hybridized carbons (Fsp3) is 0.545. The highest BCUT2D eigenvalue weighted by Crippen LogP contribution is 2.27. The number of nitrogens with zero attached hydrogens (tertiary/aromatic N) is 4. The van der Waals surface area contributed by atoms with Crippen molar-refractivity contribution in [2.75, 3.05) is 18.6 Å². The van der Waals surface area contributed by atoms with Gasteiger partial charge in [0.25, 0.3) is 5.16 Å². The predicted octanol–water partition coefficient (Wildman–Crippen LogP) is 0.511. The lowest BCUT2D eigenvalue weighted by molar-refractivity contribution is -0.0298. The molecule has 3 heterocycles. The Morgan fingerprint density at radius 1 is 1.40 bits per heavy atom. The third-order valence-corrected chi connectivity index (χ3v) is 4.07. The zero-order valence-electron chi connectivity index (χ0n) is 11.0. The summed E-state index contributed by atoms with van der Waals surface area (Å²) in [6.07, 6.45) is 5.33. The Morgan fingerprint density at radius 2 is 2.20 bits per heavy atom. The number of ether oxygens (including phenoxy) is 1. The van der Waals surface area contributed by atoms with Crippen LogP contribution in [0.4, 0.5) is 5.82 Å². The van der Waals surface area contributed by atoms with Crippen molar-refractivity contribution in [2.45, 2.75) is 30.6 Å². The minimum atomic E-state index is -3.53. The van der Waals surface area contributed by atoms with Crippen LogP contribution in [0.5, 0.6) is 0 Å². The average Bonchev–Trinajstić information content (AvgIpc) is 2.83. The second-order valence-corrected chi connectivity index (χ2v) is 6.72. The standard InChI is InChI=1S/C11H15N5O3S/c1-20(17,18)11-14-9(12)8-10(15-11)16(6-13-8)7-4-2-3-5-19-7/h6-7H,2-5H2,1H3,(H2,12,14,15). The minimum absolute atomic E-state index is 0.0602. The molecule has 1 aliphatic rings. The molecule has 1 unspecified atom stereocenters. The highest BCUT2D eigenvalue weighted by atomic mass is 32.2. The van der Waals surface area contributed by atoms with Gasteiger partial charge in [0.1, 0.15) is 11.7 Å². The molecule has 9 heteroatoms. The van der Waals surface area contributed by atoms with Crippen LogP contribution in [0.3, 0.4) is 0 Å². The van der Waals surface area contributed by atoms with E-state index in [1.165, 1.54) is 0 Å². The monoisotopic (exact) mass is 297 g/mol. The van der Waals surface area contributed by atoms with Crippen molar-refractivity contribution in [1.82, 2.24) is 19.5 Å². The van der Waals surface area contributed by atoms with Crippen LogP contribution in [0.1, 0.15) is 25.5 Å². The maximum Gasteiger partial charge on any atom is 0.250 e. The van der Waals surface area contributed by atoms with E-state index in [0.717, 1.165) is 25.5 Å². The van der Waals surface area contributed by atoms with E-state index in [0.29, 0.717) is 17.8 Å². The van der Waals surface area contributed by atoms with Gasteiger partial charge in [0, 0.05) is 12.9 Å². The summed E-state index contributed by atoms with van der Waals surface area (Å²) in [6.45, 7) is 0.670. The van der Waals surface area contributed by atoms with E-state index >= 15 is 0 Å². The topological polar surface area (TPSA) is 113 Å². The molecule has 0 aliphatic carbocycles. The molecule has 0 saturated carbocycles. The number of nitrogen functional groups attached to an aromatic ring is 1. The largest absolute Gasteiger partial charge is 0.382 e. The van der Waals surface area contributed by atoms with Crippen LogP contribution in [-0.2, 0) is 14.6 Å². The van der Waals surface area contributed by atoms with Crippen LogP contribution in [0.2, 0.25) is 0 Å². The van der Waals surface area contributed by atoms with Gasteiger partial charge in [-0.3, -0.25) is 4.57 Å². The summed E-state index contributed by atoms with van der Waals surface area (Å²) in [6, 6.07) is 0. The highest BCUT2D eigenvalue weighted by molar-refractivity contribution is 7.90. The smallest absolute Gasteiger partial charge is 0.250 e. The molecule has 1 aliphatic heterocycles. The highest BCUT2D eigenvalue weighted by Gasteiger charge is 2.22. The number of nitrogens with two attached hydrogens (primary N) is 1. The lowest BCUT2D eigenvalue weighted by atomic mass is 10.2. The van der Waals surface area contributed by atoms with Gasteiger partial charge in [0.05, 0.1) is 6.33 Å². The number of hydrogen-bond acceptors (Lipinski definition) is 7. The van der Waals surface area contributed by atoms with Crippen LogP contribution in [0, 0.1) is 0 Å². The van der Waals surface area contributed by atoms with E-state index in [2.05, 4.69) is 15.0 Å². The van der Waals surface area contributed by atoms with Crippen molar-refractivity contribution in [3.63, 3.8) is 0 Å². The first kappa shape index (κ1) is 13.3. The first-order chi connectivity index (χ1) is 9.47. The Morgan fingerprint density at radius 3 is 2.85 bits per heavy atom. The maximum absolute atomic E-state index is 11.6. The van der Waals surface area contributed by atoms with Gasteiger partial charge in [0.2, 0.25) is 9.84 Å². The molecule has 0 spiro atoms. The molecule has 0 aromatic carbocycles. The quantitative estimate of drug-likeness (QED) is 0.803. The van der Waals surface area contributed by atoms with Crippen molar-refractivity contribution in [3.05, 3.63) is 6.33 Å². The summed E-state index contributed by atoms with van der Waals surface area (Å²) >= 11 is 0. The first-order valence-corrected chi connectivity index (χ1v) is 8.17. The van der Waals surface area contributed by atoms with Gasteiger partial charge in [0.15, 0.2) is 11.5 Å². The fourth-order valence-electron chi connectivity index (χ4n) is 2.24. The Hall–Kier alpha value is -1.74. The van der Waals surface area contributed by atoms with Crippen molar-refractivity contribution in [3.8, 4) is 0 Å². The Bertz CT molecular complexity index is 749. The van der Waals surface area contributed by atoms with Gasteiger partial charge in [-0.15, -0.1) is 0 Å². The van der Waals surface area contributed by atoms with Crippen molar-refractivity contribution in [1.29, 1.82) is 0 Å². The maximum atomic E-state index is 11.6. The van der Waals surface area contributed by atoms with Crippen LogP contribution in [0.15, 0.2) is 11.5 Å². The van der Waals surface area contributed by atoms with Gasteiger partial charge < -0.3 is 10.5 Å². The third-order valence-electron chi connectivity index (χ3n) is 3.23. The fourth-order valence-corrected chi connectivity index (χ4v) is 2.75. The third kappa shape index (κ3) is 2.22. The molecule has 2 aromatic rings. The van der Waals surface area contributed by atoms with Crippen LogP contribution in [0.25, 0.3) is 11.2 Å². The molecular weight excluding hydrogens is 282 g/mol. The molecule has 1 saturated heterocycles. The molecule has 2 aromatic heterocycles. The summed E-state index contributed by atoms with van der Waals surface area (Å²) < 4.78 is 30.6. The number of hydrogen-bond donors (Lipinski definition) is 1. The van der Waals surface area contributed by atoms with Crippen molar-refractivity contribution in [2.24, 2.45) is 0 Å². The second kappa shape index (κ2) is 4.67. The normalized spacial score (nSPS) is 20.4. The number of fused-ring (bicyclic) bond motifs is 1. The van der Waals surface area contributed by atoms with E-state index < -0.39 is 9.84 Å². The molecule has 8 nitrogen and oxygen atoms in total. The van der Waals surface area contributed by atoms with Gasteiger partial charge in [-0.1, -0.05) is 0 Å². The van der Waals surface area contributed by atoms with Gasteiger partial charge in [-0.2, -0.15) is 9.97 Å². The molecular formula is C11H15N5O3S. The Kier molecular flexibility index (Phi) is 3.09. The minimum Gasteiger partial charge on any atom is -0.382 e. The van der Waals surface area contributed by atoms with Crippen LogP contribution >= 0.6 is 0 Å². The summed E-state index contributed by atoms with van der Waals surface area (Å²) in [4.78, 5) is 12.0. The molecule has 1 fully saturated rings. The van der Waals surface area contributed by atoms with E-state index in [1.54, 1.807) is 10.9 Å². The predicted molar refractivity (Wildman–Crippen MR) is 71.7 cm³/mol. The van der Waals surface area contributed by atoms with Crippen LogP contribution < -0.4 is 5.73 Å². The summed E-state index contributed by atoms with van der Waals surface area (Å²) in [5.74, 6) is 0.0602. The van der Waals surface area contributed by atoms with E-state index in [-0.39, 0.29) is 17.2 Å². The van der Waals surface area contributed by atoms with Gasteiger partial charge in [-0.25, -0.2) is 13.4 Å². The zero-order valence-corrected chi connectivity index (χ0v) is 11.8. The summed E-state index contributed by atoms with van der Waals surface area (Å²) in [7, 11) is -3.53. The Balaban J connectivity index is 2.17. The van der Waals surface area contributed by atoms with Gasteiger partial charge >= 0.3 is 0 Å². The number of anilines is 1. The molecule has 0 amide bonds. The first-order valence-electron chi connectivity index (χ1n) is 6.28. The lowest BCUT2D eigenvalue weighted by Gasteiger charge is -2.23. The molecule has 0 radical (unpaired) electrons. The average molecular weight is 297 g/mol. The molecule has 3 rings (SSSR count). The Labute approximate surface area is 115 Å². The molecule has 1 atom stereocenters. The lowest BCUT2D eigenvalue weighted by Crippen LogP contribution is -2.18. The summed E-state index contributed by atoms with van der Waals surface area (Å²) in [5, 5.41) is -0.292. The summed E-state index contributed by atoms with van der Waals surface area (Å²) in [5.41, 5.74) is 6.55. The molecule has 0 bridgehead atoms. The van der Waals surface area contributed by atoms with Gasteiger partial charge in [-0.05, 0) is 19.3 Å². The molecule has 108 valence electrons. The molecule has 20 heavy (non-hydrogen) atoms. The van der Waals surface area contributed by atoms with Crippen molar-refractivity contribution >= 4 is 26.8 Å². The van der Waals surface area contributed by atoms with E-state index in [1.807, 2.05) is 0 Å². The van der Waals surface area contributed by atoms with E-state index in [9.17, 15) is 8.42 Å².